The maximum absolute atomic E-state index is 13.8. The lowest BCUT2D eigenvalue weighted by Crippen LogP contribution is -2.32. The monoisotopic (exact) mass is 447 g/mol. The summed E-state index contributed by atoms with van der Waals surface area (Å²) in [6, 6.07) is 10.1. The molecular weight excluding hydrogens is 417 g/mol. The van der Waals surface area contributed by atoms with Crippen molar-refractivity contribution in [3.05, 3.63) is 48.3 Å². The average molecular weight is 448 g/mol. The minimum absolute atomic E-state index is 0.0115. The van der Waals surface area contributed by atoms with E-state index >= 15 is 0 Å². The zero-order valence-electron chi connectivity index (χ0n) is 18.3. The highest BCUT2D eigenvalue weighted by molar-refractivity contribution is 7.91. The minimum Gasteiger partial charge on any atom is -0.370 e. The van der Waals surface area contributed by atoms with E-state index in [9.17, 15) is 17.6 Å². The molecule has 168 valence electrons. The van der Waals surface area contributed by atoms with Gasteiger partial charge in [0.25, 0.3) is 0 Å². The first-order valence-electron chi connectivity index (χ1n) is 10.6. The summed E-state index contributed by atoms with van der Waals surface area (Å²) in [5, 5.41) is 0. The normalized spacial score (nSPS) is 15.5. The van der Waals surface area contributed by atoms with E-state index < -0.39 is 15.7 Å². The molecule has 8 heteroatoms. The van der Waals surface area contributed by atoms with Crippen molar-refractivity contribution < 1.29 is 17.6 Å². The standard InChI is InChI=1S/C23H30FN3O3S/c1-4-11-27(18(2)28)22-17-20(26-13-6-12-25(3)14-15-26)9-10-23(22)31(29,30)21-8-5-7-19(24)16-21/h5,7-10,16-17H,4,6,11-15H2,1-3H3. The van der Waals surface area contributed by atoms with E-state index in [4.69, 9.17) is 0 Å². The number of sulfone groups is 1. The molecule has 3 rings (SSSR count). The number of anilines is 2. The maximum Gasteiger partial charge on any atom is 0.223 e. The molecule has 0 bridgehead atoms. The Hall–Kier alpha value is -2.45. The first-order valence-corrected chi connectivity index (χ1v) is 12.1. The van der Waals surface area contributed by atoms with Gasteiger partial charge in [0.1, 0.15) is 5.82 Å². The molecule has 2 aromatic carbocycles. The predicted molar refractivity (Wildman–Crippen MR) is 121 cm³/mol. The molecule has 0 atom stereocenters. The summed E-state index contributed by atoms with van der Waals surface area (Å²) in [6.07, 6.45) is 1.68. The topological polar surface area (TPSA) is 60.9 Å². The number of carbonyl (C=O) groups excluding carboxylic acids is 1. The zero-order valence-corrected chi connectivity index (χ0v) is 19.2. The molecule has 1 aliphatic rings. The van der Waals surface area contributed by atoms with Crippen molar-refractivity contribution in [1.82, 2.24) is 4.90 Å². The van der Waals surface area contributed by atoms with Gasteiger partial charge in [-0.1, -0.05) is 13.0 Å². The van der Waals surface area contributed by atoms with Crippen molar-refractivity contribution in [2.45, 2.75) is 36.5 Å². The summed E-state index contributed by atoms with van der Waals surface area (Å²) in [4.78, 5) is 18.3. The molecule has 1 fully saturated rings. The quantitative estimate of drug-likeness (QED) is 0.678. The summed E-state index contributed by atoms with van der Waals surface area (Å²) in [5.41, 5.74) is 1.22. The smallest absolute Gasteiger partial charge is 0.223 e. The molecule has 2 aromatic rings. The summed E-state index contributed by atoms with van der Waals surface area (Å²) < 4.78 is 40.6. The lowest BCUT2D eigenvalue weighted by atomic mass is 10.2. The molecule has 6 nitrogen and oxygen atoms in total. The highest BCUT2D eigenvalue weighted by Gasteiger charge is 2.27. The van der Waals surface area contributed by atoms with Crippen LogP contribution in [0, 0.1) is 5.82 Å². The summed E-state index contributed by atoms with van der Waals surface area (Å²) >= 11 is 0. The van der Waals surface area contributed by atoms with Crippen molar-refractivity contribution in [1.29, 1.82) is 0 Å². The van der Waals surface area contributed by atoms with Gasteiger partial charge in [0.15, 0.2) is 0 Å². The molecule has 0 aromatic heterocycles. The summed E-state index contributed by atoms with van der Waals surface area (Å²) in [6.45, 7) is 7.35. The fourth-order valence-corrected chi connectivity index (χ4v) is 5.35. The molecule has 0 radical (unpaired) electrons. The molecule has 1 amide bonds. The second-order valence-electron chi connectivity index (χ2n) is 7.93. The highest BCUT2D eigenvalue weighted by atomic mass is 32.2. The molecule has 1 aliphatic heterocycles. The third-order valence-corrected chi connectivity index (χ3v) is 7.34. The molecule has 0 saturated carbocycles. The van der Waals surface area contributed by atoms with Gasteiger partial charge in [-0.3, -0.25) is 4.79 Å². The van der Waals surface area contributed by atoms with Crippen LogP contribution < -0.4 is 9.80 Å². The van der Waals surface area contributed by atoms with E-state index in [2.05, 4.69) is 16.8 Å². The van der Waals surface area contributed by atoms with E-state index in [0.717, 1.165) is 44.4 Å². The molecule has 0 unspecified atom stereocenters. The van der Waals surface area contributed by atoms with E-state index in [1.54, 1.807) is 18.2 Å². The Morgan fingerprint density at radius 2 is 1.87 bits per heavy atom. The lowest BCUT2D eigenvalue weighted by Gasteiger charge is -2.28. The predicted octanol–water partition coefficient (Wildman–Crippen LogP) is 3.56. The Balaban J connectivity index is 2.13. The third-order valence-electron chi connectivity index (χ3n) is 5.54. The number of hydrogen-bond donors (Lipinski definition) is 0. The Morgan fingerprint density at radius 1 is 1.10 bits per heavy atom. The van der Waals surface area contributed by atoms with Gasteiger partial charge >= 0.3 is 0 Å². The minimum atomic E-state index is -4.01. The van der Waals surface area contributed by atoms with Crippen molar-refractivity contribution in [2.75, 3.05) is 49.6 Å². The van der Waals surface area contributed by atoms with Gasteiger partial charge in [-0.05, 0) is 62.8 Å². The van der Waals surface area contributed by atoms with Gasteiger partial charge in [-0.2, -0.15) is 0 Å². The number of carbonyl (C=O) groups is 1. The fraction of sp³-hybridized carbons (Fsp3) is 0.435. The summed E-state index contributed by atoms with van der Waals surface area (Å²) in [7, 11) is -1.93. The van der Waals surface area contributed by atoms with Crippen LogP contribution in [0.5, 0.6) is 0 Å². The molecule has 0 aliphatic carbocycles. The van der Waals surface area contributed by atoms with E-state index in [1.807, 2.05) is 6.92 Å². The Kier molecular flexibility index (Phi) is 7.33. The molecule has 31 heavy (non-hydrogen) atoms. The second-order valence-corrected chi connectivity index (χ2v) is 9.85. The molecule has 1 saturated heterocycles. The van der Waals surface area contributed by atoms with Crippen molar-refractivity contribution >= 4 is 27.1 Å². The summed E-state index contributed by atoms with van der Waals surface area (Å²) in [5.74, 6) is -0.852. The van der Waals surface area contributed by atoms with Crippen LogP contribution in [-0.4, -0.2) is 59.0 Å². The van der Waals surface area contributed by atoms with Crippen LogP contribution in [0.4, 0.5) is 15.8 Å². The molecule has 0 N–H and O–H groups in total. The van der Waals surface area contributed by atoms with Crippen LogP contribution >= 0.6 is 0 Å². The number of hydrogen-bond acceptors (Lipinski definition) is 5. The van der Waals surface area contributed by atoms with Crippen molar-refractivity contribution in [2.24, 2.45) is 0 Å². The number of nitrogens with zero attached hydrogens (tertiary/aromatic N) is 3. The van der Waals surface area contributed by atoms with Gasteiger partial charge in [0.05, 0.1) is 15.5 Å². The Morgan fingerprint density at radius 3 is 2.55 bits per heavy atom. The third kappa shape index (κ3) is 5.25. The number of halogens is 1. The first-order chi connectivity index (χ1) is 14.7. The van der Waals surface area contributed by atoms with Crippen LogP contribution in [0.1, 0.15) is 26.7 Å². The average Bonchev–Trinajstić information content (AvgIpc) is 2.96. The lowest BCUT2D eigenvalue weighted by molar-refractivity contribution is -0.116. The zero-order chi connectivity index (χ0) is 22.6. The van der Waals surface area contributed by atoms with Crippen LogP contribution in [0.15, 0.2) is 52.3 Å². The van der Waals surface area contributed by atoms with Gasteiger partial charge in [0, 0.05) is 38.8 Å². The van der Waals surface area contributed by atoms with E-state index in [-0.39, 0.29) is 15.7 Å². The number of rotatable bonds is 6. The van der Waals surface area contributed by atoms with Crippen LogP contribution in [0.2, 0.25) is 0 Å². The highest BCUT2D eigenvalue weighted by Crippen LogP contribution is 2.35. The van der Waals surface area contributed by atoms with Gasteiger partial charge in [-0.15, -0.1) is 0 Å². The first kappa shape index (κ1) is 23.2. The Labute approximate surface area is 184 Å². The van der Waals surface area contributed by atoms with Gasteiger partial charge in [0.2, 0.25) is 15.7 Å². The van der Waals surface area contributed by atoms with E-state index in [1.165, 1.54) is 30.0 Å². The van der Waals surface area contributed by atoms with Crippen LogP contribution in [-0.2, 0) is 14.6 Å². The van der Waals surface area contributed by atoms with Crippen molar-refractivity contribution in [3.63, 3.8) is 0 Å². The number of amides is 1. The number of likely N-dealkylation sites (N-methyl/N-ethyl adjacent to an activating group) is 1. The number of benzene rings is 2. The molecule has 1 heterocycles. The molecule has 0 spiro atoms. The van der Waals surface area contributed by atoms with Crippen molar-refractivity contribution in [3.8, 4) is 0 Å². The van der Waals surface area contributed by atoms with Crippen LogP contribution in [0.3, 0.4) is 0 Å². The van der Waals surface area contributed by atoms with Gasteiger partial charge in [-0.25, -0.2) is 12.8 Å². The maximum atomic E-state index is 13.8. The van der Waals surface area contributed by atoms with Crippen LogP contribution in [0.25, 0.3) is 0 Å². The largest absolute Gasteiger partial charge is 0.370 e. The van der Waals surface area contributed by atoms with E-state index in [0.29, 0.717) is 18.7 Å². The molecular formula is C23H30FN3O3S. The Bertz CT molecular complexity index is 1040. The SMILES string of the molecule is CCCN(C(C)=O)c1cc(N2CCCN(C)CC2)ccc1S(=O)(=O)c1cccc(F)c1. The second kappa shape index (κ2) is 9.78. The van der Waals surface area contributed by atoms with Gasteiger partial charge < -0.3 is 14.7 Å². The fourth-order valence-electron chi connectivity index (χ4n) is 3.88.